The Bertz CT molecular complexity index is 756. The molecule has 0 saturated heterocycles. The number of rotatable bonds is 7. The molecule has 0 aromatic heterocycles. The number of benzene rings is 2. The lowest BCUT2D eigenvalue weighted by molar-refractivity contribution is -0.123. The van der Waals surface area contributed by atoms with Crippen molar-refractivity contribution in [2.24, 2.45) is 5.10 Å². The van der Waals surface area contributed by atoms with E-state index >= 15 is 0 Å². The Labute approximate surface area is 144 Å². The lowest BCUT2D eigenvalue weighted by Crippen LogP contribution is -2.24. The Kier molecular flexibility index (Phi) is 6.53. The van der Waals surface area contributed by atoms with Crippen LogP contribution in [0.1, 0.15) is 22.8 Å². The van der Waals surface area contributed by atoms with Crippen molar-refractivity contribution in [1.82, 2.24) is 5.43 Å². The van der Waals surface area contributed by atoms with E-state index in [1.54, 1.807) is 49.4 Å². The predicted octanol–water partition coefficient (Wildman–Crippen LogP) is 2.10. The Morgan fingerprint density at radius 2 is 1.88 bits per heavy atom. The molecule has 0 bridgehead atoms. The molecule has 25 heavy (non-hydrogen) atoms. The predicted molar refractivity (Wildman–Crippen MR) is 91.7 cm³/mol. The molecule has 0 spiro atoms. The molecule has 0 heterocycles. The number of hydrazone groups is 1. The van der Waals surface area contributed by atoms with Crippen LogP contribution in [0.2, 0.25) is 0 Å². The van der Waals surface area contributed by atoms with E-state index < -0.39 is 11.9 Å². The second-order valence-corrected chi connectivity index (χ2v) is 4.89. The average molecular weight is 342 g/mol. The van der Waals surface area contributed by atoms with Crippen LogP contribution in [-0.4, -0.2) is 36.4 Å². The van der Waals surface area contributed by atoms with Gasteiger partial charge in [0.05, 0.1) is 18.4 Å². The van der Waals surface area contributed by atoms with Gasteiger partial charge in [-0.1, -0.05) is 12.1 Å². The van der Waals surface area contributed by atoms with Crippen molar-refractivity contribution in [2.45, 2.75) is 6.92 Å². The van der Waals surface area contributed by atoms with Crippen LogP contribution in [0.4, 0.5) is 0 Å². The summed E-state index contributed by atoms with van der Waals surface area (Å²) < 4.78 is 10.2. The second-order valence-electron chi connectivity index (χ2n) is 4.89. The van der Waals surface area contributed by atoms with Gasteiger partial charge in [0.25, 0.3) is 5.91 Å². The molecule has 7 heteroatoms. The summed E-state index contributed by atoms with van der Waals surface area (Å²) in [6.07, 6.45) is 1.33. The highest BCUT2D eigenvalue weighted by molar-refractivity contribution is 5.89. The van der Waals surface area contributed by atoms with Crippen LogP contribution in [0.5, 0.6) is 11.5 Å². The molecule has 0 saturated carbocycles. The lowest BCUT2D eigenvalue weighted by atomic mass is 10.2. The highest BCUT2D eigenvalue weighted by Gasteiger charge is 2.07. The summed E-state index contributed by atoms with van der Waals surface area (Å²) in [5.74, 6) is -0.363. The maximum Gasteiger partial charge on any atom is 0.338 e. The Morgan fingerprint density at radius 1 is 1.16 bits per heavy atom. The number of hydrogen-bond donors (Lipinski definition) is 2. The third-order valence-electron chi connectivity index (χ3n) is 3.07. The van der Waals surface area contributed by atoms with Gasteiger partial charge in [0, 0.05) is 5.56 Å². The molecule has 0 unspecified atom stereocenters. The van der Waals surface area contributed by atoms with Gasteiger partial charge < -0.3 is 14.6 Å². The molecule has 2 aromatic rings. The number of hydrogen-bond acceptors (Lipinski definition) is 6. The maximum absolute atomic E-state index is 11.7. The van der Waals surface area contributed by atoms with E-state index in [0.717, 1.165) is 0 Å². The number of phenolic OH excluding ortho intramolecular Hbond substituents is 1. The van der Waals surface area contributed by atoms with Gasteiger partial charge >= 0.3 is 5.97 Å². The van der Waals surface area contributed by atoms with E-state index in [1.807, 2.05) is 0 Å². The maximum atomic E-state index is 11.7. The smallest absolute Gasteiger partial charge is 0.338 e. The third-order valence-corrected chi connectivity index (χ3v) is 3.07. The van der Waals surface area contributed by atoms with E-state index in [0.29, 0.717) is 23.5 Å². The number of esters is 1. The van der Waals surface area contributed by atoms with Crippen LogP contribution in [0.25, 0.3) is 0 Å². The second kappa shape index (κ2) is 9.07. The number of amides is 1. The number of nitrogens with one attached hydrogen (secondary N) is 1. The largest absolute Gasteiger partial charge is 0.507 e. The zero-order valence-corrected chi connectivity index (χ0v) is 13.6. The van der Waals surface area contributed by atoms with Crippen molar-refractivity contribution in [1.29, 1.82) is 0 Å². The van der Waals surface area contributed by atoms with Gasteiger partial charge in [-0.2, -0.15) is 5.10 Å². The first-order valence-electron chi connectivity index (χ1n) is 7.60. The summed E-state index contributed by atoms with van der Waals surface area (Å²) in [6, 6.07) is 12.9. The van der Waals surface area contributed by atoms with Crippen molar-refractivity contribution in [2.75, 3.05) is 13.2 Å². The molecule has 2 rings (SSSR count). The fourth-order valence-corrected chi connectivity index (χ4v) is 1.85. The number of para-hydroxylation sites is 1. The van der Waals surface area contributed by atoms with Gasteiger partial charge in [0.15, 0.2) is 6.61 Å². The summed E-state index contributed by atoms with van der Waals surface area (Å²) >= 11 is 0. The SMILES string of the molecule is CCOC(=O)c1ccc(OCC(=O)NN=Cc2ccccc2O)cc1. The van der Waals surface area contributed by atoms with Gasteiger partial charge in [-0.15, -0.1) is 0 Å². The molecule has 0 radical (unpaired) electrons. The fourth-order valence-electron chi connectivity index (χ4n) is 1.85. The molecule has 0 fully saturated rings. The van der Waals surface area contributed by atoms with E-state index in [9.17, 15) is 14.7 Å². The molecule has 1 amide bonds. The molecular weight excluding hydrogens is 324 g/mol. The normalized spacial score (nSPS) is 10.4. The average Bonchev–Trinajstić information content (AvgIpc) is 2.62. The molecule has 7 nitrogen and oxygen atoms in total. The fraction of sp³-hybridized carbons (Fsp3) is 0.167. The highest BCUT2D eigenvalue weighted by Crippen LogP contribution is 2.13. The van der Waals surface area contributed by atoms with E-state index in [-0.39, 0.29) is 12.4 Å². The highest BCUT2D eigenvalue weighted by atomic mass is 16.5. The monoisotopic (exact) mass is 342 g/mol. The number of aromatic hydroxyl groups is 1. The Hall–Kier alpha value is -3.35. The van der Waals surface area contributed by atoms with E-state index in [1.165, 1.54) is 12.3 Å². The van der Waals surface area contributed by atoms with Gasteiger partial charge in [0.2, 0.25) is 0 Å². The molecule has 0 atom stereocenters. The molecule has 2 aromatic carbocycles. The number of carbonyl (C=O) groups is 2. The number of nitrogens with zero attached hydrogens (tertiary/aromatic N) is 1. The van der Waals surface area contributed by atoms with Gasteiger partial charge in [0.1, 0.15) is 11.5 Å². The standard InChI is InChI=1S/C18H18N2O5/c1-2-24-18(23)13-7-9-15(10-8-13)25-12-17(22)20-19-11-14-5-3-4-6-16(14)21/h3-11,21H,2,12H2,1H3,(H,20,22). The minimum Gasteiger partial charge on any atom is -0.507 e. The Balaban J connectivity index is 1.80. The first-order valence-corrected chi connectivity index (χ1v) is 7.60. The van der Waals surface area contributed by atoms with Gasteiger partial charge in [-0.25, -0.2) is 10.2 Å². The van der Waals surface area contributed by atoms with E-state index in [2.05, 4.69) is 10.5 Å². The molecule has 0 aliphatic carbocycles. The molecular formula is C18H18N2O5. The summed E-state index contributed by atoms with van der Waals surface area (Å²) in [4.78, 5) is 23.2. The first kappa shape index (κ1) is 18.0. The number of phenols is 1. The van der Waals surface area contributed by atoms with Crippen LogP contribution in [0, 0.1) is 0 Å². The van der Waals surface area contributed by atoms with Crippen LogP contribution >= 0.6 is 0 Å². The van der Waals surface area contributed by atoms with Crippen molar-refractivity contribution in [3.8, 4) is 11.5 Å². The summed E-state index contributed by atoms with van der Waals surface area (Å²) in [5.41, 5.74) is 3.19. The third kappa shape index (κ3) is 5.65. The van der Waals surface area contributed by atoms with Crippen molar-refractivity contribution in [3.63, 3.8) is 0 Å². The van der Waals surface area contributed by atoms with Gasteiger partial charge in [-0.3, -0.25) is 4.79 Å². The quantitative estimate of drug-likeness (QED) is 0.456. The lowest BCUT2D eigenvalue weighted by Gasteiger charge is -2.06. The van der Waals surface area contributed by atoms with E-state index in [4.69, 9.17) is 9.47 Å². The Morgan fingerprint density at radius 3 is 2.56 bits per heavy atom. The molecule has 0 aliphatic rings. The van der Waals surface area contributed by atoms with Crippen LogP contribution in [0.3, 0.4) is 0 Å². The van der Waals surface area contributed by atoms with Crippen LogP contribution < -0.4 is 10.2 Å². The minimum atomic E-state index is -0.457. The van der Waals surface area contributed by atoms with Crippen molar-refractivity contribution < 1.29 is 24.2 Å². The number of carbonyl (C=O) groups excluding carboxylic acids is 2. The van der Waals surface area contributed by atoms with Crippen LogP contribution in [-0.2, 0) is 9.53 Å². The summed E-state index contributed by atoms with van der Waals surface area (Å²) in [7, 11) is 0. The topological polar surface area (TPSA) is 97.2 Å². The molecule has 0 aliphatic heterocycles. The minimum absolute atomic E-state index is 0.0680. The zero-order chi connectivity index (χ0) is 18.1. The van der Waals surface area contributed by atoms with Crippen LogP contribution in [0.15, 0.2) is 53.6 Å². The molecule has 130 valence electrons. The summed E-state index contributed by atoms with van der Waals surface area (Å²) in [6.45, 7) is 1.80. The molecule has 2 N–H and O–H groups in total. The van der Waals surface area contributed by atoms with Crippen molar-refractivity contribution >= 4 is 18.1 Å². The summed E-state index contributed by atoms with van der Waals surface area (Å²) in [5, 5.41) is 13.3. The zero-order valence-electron chi connectivity index (χ0n) is 13.6. The van der Waals surface area contributed by atoms with Gasteiger partial charge in [-0.05, 0) is 43.3 Å². The number of ether oxygens (including phenoxy) is 2. The first-order chi connectivity index (χ1) is 12.1. The van der Waals surface area contributed by atoms with Crippen molar-refractivity contribution in [3.05, 3.63) is 59.7 Å².